The van der Waals surface area contributed by atoms with Crippen LogP contribution in [-0.4, -0.2) is 15.0 Å². The Kier molecular flexibility index (Phi) is 3.75. The highest BCUT2D eigenvalue weighted by atomic mass is 32.2. The molecule has 0 saturated heterocycles. The van der Waals surface area contributed by atoms with Crippen molar-refractivity contribution in [3.63, 3.8) is 0 Å². The second-order valence-corrected chi connectivity index (χ2v) is 6.73. The molecule has 3 N–H and O–H groups in total. The third-order valence-corrected chi connectivity index (χ3v) is 5.33. The number of hydrogen-bond acceptors (Lipinski definition) is 3. The maximum atomic E-state index is 12.2. The highest BCUT2D eigenvalue weighted by molar-refractivity contribution is 7.89. The van der Waals surface area contributed by atoms with Gasteiger partial charge in [0.1, 0.15) is 0 Å². The van der Waals surface area contributed by atoms with Crippen LogP contribution in [0, 0.1) is 5.41 Å². The average molecular weight is 268 g/mol. The molecule has 5 heteroatoms. The van der Waals surface area contributed by atoms with Crippen molar-refractivity contribution in [2.24, 2.45) is 11.1 Å². The molecule has 1 aliphatic carbocycles. The minimum absolute atomic E-state index is 0.199. The van der Waals surface area contributed by atoms with Crippen molar-refractivity contribution in [2.75, 3.05) is 6.54 Å². The van der Waals surface area contributed by atoms with Gasteiger partial charge in [0.05, 0.1) is 4.90 Å². The second kappa shape index (κ2) is 4.99. The zero-order valence-corrected chi connectivity index (χ0v) is 11.5. The fraction of sp³-hybridized carbons (Fsp3) is 0.538. The molecule has 2 rings (SSSR count). The van der Waals surface area contributed by atoms with E-state index < -0.39 is 10.0 Å². The van der Waals surface area contributed by atoms with Gasteiger partial charge in [-0.15, -0.1) is 0 Å². The van der Waals surface area contributed by atoms with Gasteiger partial charge in [0, 0.05) is 13.1 Å². The summed E-state index contributed by atoms with van der Waals surface area (Å²) >= 11 is 0. The minimum atomic E-state index is -3.44. The van der Waals surface area contributed by atoms with Gasteiger partial charge in [0.25, 0.3) is 0 Å². The lowest BCUT2D eigenvalue weighted by Crippen LogP contribution is -2.31. The van der Waals surface area contributed by atoms with Gasteiger partial charge in [-0.2, -0.15) is 0 Å². The van der Waals surface area contributed by atoms with Crippen molar-refractivity contribution < 1.29 is 8.42 Å². The molecule has 1 aromatic carbocycles. The molecular weight excluding hydrogens is 248 g/mol. The number of sulfonamides is 1. The van der Waals surface area contributed by atoms with E-state index in [-0.39, 0.29) is 12.0 Å². The molecule has 0 spiro atoms. The maximum absolute atomic E-state index is 12.2. The first-order valence-electron chi connectivity index (χ1n) is 6.31. The molecule has 0 aliphatic heterocycles. The van der Waals surface area contributed by atoms with Crippen LogP contribution in [0.1, 0.15) is 31.7 Å². The molecular formula is C13H20N2O2S. The van der Waals surface area contributed by atoms with Crippen molar-refractivity contribution >= 4 is 10.0 Å². The van der Waals surface area contributed by atoms with Crippen molar-refractivity contribution in [3.05, 3.63) is 29.8 Å². The Morgan fingerprint density at radius 1 is 1.33 bits per heavy atom. The van der Waals surface area contributed by atoms with Crippen LogP contribution in [0.2, 0.25) is 0 Å². The summed E-state index contributed by atoms with van der Waals surface area (Å²) in [5, 5.41) is 0. The molecule has 18 heavy (non-hydrogen) atoms. The van der Waals surface area contributed by atoms with Gasteiger partial charge in [0.2, 0.25) is 10.0 Å². The zero-order chi connectivity index (χ0) is 13.2. The number of benzene rings is 1. The highest BCUT2D eigenvalue weighted by Gasteiger charge is 2.41. The normalized spacial score (nSPS) is 17.7. The summed E-state index contributed by atoms with van der Waals surface area (Å²) in [7, 11) is -3.44. The highest BCUT2D eigenvalue weighted by Crippen LogP contribution is 2.48. The van der Waals surface area contributed by atoms with Gasteiger partial charge in [-0.25, -0.2) is 13.1 Å². The Hall–Kier alpha value is -0.910. The van der Waals surface area contributed by atoms with Gasteiger partial charge in [0.15, 0.2) is 0 Å². The molecule has 0 aromatic heterocycles. The molecule has 0 atom stereocenters. The standard InChI is InChI=1S/C13H20N2O2S/c1-2-13(7-8-13)10-15-18(16,17)12-6-4-3-5-11(12)9-14/h3-6,15H,2,7-10,14H2,1H3. The molecule has 1 aliphatic rings. The fourth-order valence-electron chi connectivity index (χ4n) is 2.09. The van der Waals surface area contributed by atoms with Crippen LogP contribution in [-0.2, 0) is 16.6 Å². The van der Waals surface area contributed by atoms with Gasteiger partial charge < -0.3 is 5.73 Å². The van der Waals surface area contributed by atoms with Gasteiger partial charge in [-0.3, -0.25) is 0 Å². The predicted molar refractivity (Wildman–Crippen MR) is 71.5 cm³/mol. The van der Waals surface area contributed by atoms with E-state index in [0.717, 1.165) is 19.3 Å². The average Bonchev–Trinajstić information content (AvgIpc) is 3.17. The third-order valence-electron chi connectivity index (χ3n) is 3.83. The van der Waals surface area contributed by atoms with Crippen molar-refractivity contribution in [3.8, 4) is 0 Å². The van der Waals surface area contributed by atoms with E-state index in [2.05, 4.69) is 11.6 Å². The Labute approximate surface area is 109 Å². The topological polar surface area (TPSA) is 72.2 Å². The van der Waals surface area contributed by atoms with Crippen LogP contribution < -0.4 is 10.5 Å². The van der Waals surface area contributed by atoms with E-state index in [1.54, 1.807) is 24.3 Å². The summed E-state index contributed by atoms with van der Waals surface area (Å²) < 4.78 is 27.2. The maximum Gasteiger partial charge on any atom is 0.240 e. The second-order valence-electron chi connectivity index (χ2n) is 4.99. The smallest absolute Gasteiger partial charge is 0.240 e. The first-order valence-corrected chi connectivity index (χ1v) is 7.79. The minimum Gasteiger partial charge on any atom is -0.326 e. The first kappa shape index (κ1) is 13.5. The molecule has 0 heterocycles. The van der Waals surface area contributed by atoms with Crippen molar-refractivity contribution in [2.45, 2.75) is 37.6 Å². The summed E-state index contributed by atoms with van der Waals surface area (Å²) in [6, 6.07) is 6.88. The Morgan fingerprint density at radius 3 is 2.56 bits per heavy atom. The van der Waals surface area contributed by atoms with Crippen LogP contribution in [0.25, 0.3) is 0 Å². The largest absolute Gasteiger partial charge is 0.326 e. The van der Waals surface area contributed by atoms with Crippen LogP contribution in [0.3, 0.4) is 0 Å². The Bertz CT molecular complexity index is 522. The van der Waals surface area contributed by atoms with Crippen LogP contribution in [0.4, 0.5) is 0 Å². The zero-order valence-electron chi connectivity index (χ0n) is 10.6. The quantitative estimate of drug-likeness (QED) is 0.823. The number of hydrogen-bond donors (Lipinski definition) is 2. The molecule has 1 fully saturated rings. The summed E-state index contributed by atoms with van der Waals surface area (Å²) in [5.74, 6) is 0. The van der Waals surface area contributed by atoms with Crippen LogP contribution in [0.15, 0.2) is 29.2 Å². The molecule has 0 unspecified atom stereocenters. The molecule has 1 saturated carbocycles. The van der Waals surface area contributed by atoms with E-state index in [1.165, 1.54) is 0 Å². The fourth-order valence-corrected chi connectivity index (χ4v) is 3.50. The van der Waals surface area contributed by atoms with E-state index in [0.29, 0.717) is 17.0 Å². The molecule has 100 valence electrons. The van der Waals surface area contributed by atoms with Crippen molar-refractivity contribution in [1.29, 1.82) is 0 Å². The third kappa shape index (κ3) is 2.74. The molecule has 0 radical (unpaired) electrons. The molecule has 4 nitrogen and oxygen atoms in total. The van der Waals surface area contributed by atoms with Gasteiger partial charge in [-0.05, 0) is 36.3 Å². The molecule has 0 amide bonds. The number of nitrogens with two attached hydrogens (primary N) is 1. The van der Waals surface area contributed by atoms with Gasteiger partial charge >= 0.3 is 0 Å². The number of nitrogens with one attached hydrogen (secondary N) is 1. The van der Waals surface area contributed by atoms with E-state index >= 15 is 0 Å². The van der Waals surface area contributed by atoms with E-state index in [4.69, 9.17) is 5.73 Å². The lowest BCUT2D eigenvalue weighted by molar-refractivity contribution is 0.475. The van der Waals surface area contributed by atoms with Crippen LogP contribution in [0.5, 0.6) is 0 Å². The van der Waals surface area contributed by atoms with Crippen molar-refractivity contribution in [1.82, 2.24) is 4.72 Å². The van der Waals surface area contributed by atoms with E-state index in [9.17, 15) is 8.42 Å². The lowest BCUT2D eigenvalue weighted by Gasteiger charge is -2.15. The van der Waals surface area contributed by atoms with E-state index in [1.807, 2.05) is 0 Å². The van der Waals surface area contributed by atoms with Crippen LogP contribution >= 0.6 is 0 Å². The molecule has 1 aromatic rings. The number of rotatable bonds is 6. The van der Waals surface area contributed by atoms with Gasteiger partial charge in [-0.1, -0.05) is 25.1 Å². The Morgan fingerprint density at radius 2 is 2.00 bits per heavy atom. The summed E-state index contributed by atoms with van der Waals surface area (Å²) in [6.45, 7) is 2.87. The summed E-state index contributed by atoms with van der Waals surface area (Å²) in [4.78, 5) is 0.305. The summed E-state index contributed by atoms with van der Waals surface area (Å²) in [5.41, 5.74) is 6.43. The Balaban J connectivity index is 2.15. The monoisotopic (exact) mass is 268 g/mol. The summed E-state index contributed by atoms with van der Waals surface area (Å²) in [6.07, 6.45) is 3.25. The lowest BCUT2D eigenvalue weighted by atomic mass is 10.1. The SMILES string of the molecule is CCC1(CNS(=O)(=O)c2ccccc2CN)CC1. The molecule has 0 bridgehead atoms. The first-order chi connectivity index (χ1) is 8.53. The predicted octanol–water partition coefficient (Wildman–Crippen LogP) is 1.61.